The zero-order valence-corrected chi connectivity index (χ0v) is 12.5. The maximum absolute atomic E-state index is 11.5. The molecule has 2 aromatic carbocycles. The van der Waals surface area contributed by atoms with Crippen LogP contribution < -0.4 is 10.1 Å². The molecule has 0 heterocycles. The Morgan fingerprint density at radius 1 is 1.14 bits per heavy atom. The van der Waals surface area contributed by atoms with Crippen molar-refractivity contribution in [1.29, 1.82) is 0 Å². The Balaban J connectivity index is 2.12. The summed E-state index contributed by atoms with van der Waals surface area (Å²) >= 11 is 0. The molecule has 110 valence electrons. The average Bonchev–Trinajstić information content (AvgIpc) is 2.53. The lowest BCUT2D eigenvalue weighted by Crippen LogP contribution is -2.05. The second-order valence-corrected chi connectivity index (χ2v) is 4.69. The van der Waals surface area contributed by atoms with Crippen molar-refractivity contribution in [2.24, 2.45) is 0 Å². The zero-order valence-electron chi connectivity index (χ0n) is 12.5. The second-order valence-electron chi connectivity index (χ2n) is 4.69. The molecule has 0 aliphatic carbocycles. The number of hydrogen-bond donors (Lipinski definition) is 1. The minimum atomic E-state index is -0.325. The lowest BCUT2D eigenvalue weighted by atomic mass is 10.1. The minimum Gasteiger partial charge on any atom is -0.496 e. The molecule has 2 aromatic rings. The van der Waals surface area contributed by atoms with Crippen molar-refractivity contribution < 1.29 is 14.3 Å². The molecule has 0 aromatic heterocycles. The predicted octanol–water partition coefficient (Wildman–Crippen LogP) is 3.40. The minimum absolute atomic E-state index is 0.325. The number of benzene rings is 2. The first-order valence-electron chi connectivity index (χ1n) is 6.70. The van der Waals surface area contributed by atoms with Gasteiger partial charge in [-0.1, -0.05) is 18.2 Å². The van der Waals surface area contributed by atoms with Crippen molar-refractivity contribution in [2.75, 3.05) is 19.5 Å². The van der Waals surface area contributed by atoms with Gasteiger partial charge in [0.15, 0.2) is 0 Å². The summed E-state index contributed by atoms with van der Waals surface area (Å²) in [5.74, 6) is 0.531. The molecule has 0 saturated heterocycles. The topological polar surface area (TPSA) is 47.6 Å². The van der Waals surface area contributed by atoms with E-state index in [0.717, 1.165) is 22.6 Å². The molecule has 4 heteroatoms. The van der Waals surface area contributed by atoms with Gasteiger partial charge in [0.05, 0.1) is 19.8 Å². The molecule has 0 spiro atoms. The van der Waals surface area contributed by atoms with Gasteiger partial charge in [0.2, 0.25) is 0 Å². The summed E-state index contributed by atoms with van der Waals surface area (Å²) in [6.45, 7) is 2.61. The number of esters is 1. The average molecular weight is 285 g/mol. The van der Waals surface area contributed by atoms with Gasteiger partial charge in [0, 0.05) is 17.8 Å². The van der Waals surface area contributed by atoms with Gasteiger partial charge in [0.25, 0.3) is 0 Å². The molecule has 0 amide bonds. The molecule has 21 heavy (non-hydrogen) atoms. The van der Waals surface area contributed by atoms with E-state index in [-0.39, 0.29) is 5.97 Å². The van der Waals surface area contributed by atoms with Gasteiger partial charge in [-0.2, -0.15) is 0 Å². The Morgan fingerprint density at radius 2 is 1.90 bits per heavy atom. The van der Waals surface area contributed by atoms with Crippen molar-refractivity contribution in [2.45, 2.75) is 13.5 Å². The molecule has 0 radical (unpaired) electrons. The van der Waals surface area contributed by atoms with Gasteiger partial charge in [0.1, 0.15) is 5.75 Å². The summed E-state index contributed by atoms with van der Waals surface area (Å²) < 4.78 is 10.0. The van der Waals surface area contributed by atoms with Crippen LogP contribution in [0.2, 0.25) is 0 Å². The fourth-order valence-electron chi connectivity index (χ4n) is 2.15. The monoisotopic (exact) mass is 285 g/mol. The second kappa shape index (κ2) is 6.79. The number of carbonyl (C=O) groups is 1. The number of ether oxygens (including phenoxy) is 2. The summed E-state index contributed by atoms with van der Waals surface area (Å²) in [4.78, 5) is 11.5. The Labute approximate surface area is 124 Å². The molecule has 0 unspecified atom stereocenters. The molecule has 0 aliphatic rings. The Morgan fingerprint density at radius 3 is 2.57 bits per heavy atom. The van der Waals surface area contributed by atoms with Crippen molar-refractivity contribution in [3.05, 3.63) is 59.2 Å². The number of rotatable bonds is 5. The van der Waals surface area contributed by atoms with E-state index >= 15 is 0 Å². The van der Waals surface area contributed by atoms with Crippen LogP contribution in [-0.4, -0.2) is 20.2 Å². The van der Waals surface area contributed by atoms with Crippen LogP contribution in [0.4, 0.5) is 5.69 Å². The normalized spacial score (nSPS) is 10.0. The van der Waals surface area contributed by atoms with Crippen LogP contribution in [0.15, 0.2) is 42.5 Å². The van der Waals surface area contributed by atoms with Gasteiger partial charge in [-0.3, -0.25) is 0 Å². The maximum Gasteiger partial charge on any atom is 0.337 e. The molecule has 4 nitrogen and oxygen atoms in total. The molecule has 2 rings (SSSR count). The third kappa shape index (κ3) is 3.54. The third-order valence-corrected chi connectivity index (χ3v) is 3.31. The summed E-state index contributed by atoms with van der Waals surface area (Å²) in [6, 6.07) is 13.3. The van der Waals surface area contributed by atoms with E-state index in [2.05, 4.69) is 5.32 Å². The van der Waals surface area contributed by atoms with E-state index < -0.39 is 0 Å². The molecular weight excluding hydrogens is 266 g/mol. The van der Waals surface area contributed by atoms with Crippen LogP contribution in [0.25, 0.3) is 0 Å². The molecular formula is C17H19NO3. The fourth-order valence-corrected chi connectivity index (χ4v) is 2.15. The van der Waals surface area contributed by atoms with Gasteiger partial charge in [-0.05, 0) is 36.8 Å². The van der Waals surface area contributed by atoms with Crippen LogP contribution in [0.1, 0.15) is 21.5 Å². The SMILES string of the molecule is COC(=O)c1ccc(NCc2ccccc2OC)c(C)c1. The molecule has 1 N–H and O–H groups in total. The standard InChI is InChI=1S/C17H19NO3/c1-12-10-13(17(19)21-3)8-9-15(12)18-11-14-6-4-5-7-16(14)20-2/h4-10,18H,11H2,1-3H3. The number of carbonyl (C=O) groups excluding carboxylic acids is 1. The molecule has 0 saturated carbocycles. The number of para-hydroxylation sites is 1. The Kier molecular flexibility index (Phi) is 4.82. The first kappa shape index (κ1) is 14.9. The Bertz CT molecular complexity index is 638. The van der Waals surface area contributed by atoms with Crippen molar-refractivity contribution >= 4 is 11.7 Å². The largest absolute Gasteiger partial charge is 0.496 e. The van der Waals surface area contributed by atoms with Crippen LogP contribution >= 0.6 is 0 Å². The summed E-state index contributed by atoms with van der Waals surface area (Å²) in [6.07, 6.45) is 0. The summed E-state index contributed by atoms with van der Waals surface area (Å²) in [5, 5.41) is 3.36. The quantitative estimate of drug-likeness (QED) is 0.855. The van der Waals surface area contributed by atoms with Crippen LogP contribution in [0.5, 0.6) is 5.75 Å². The number of hydrogen-bond acceptors (Lipinski definition) is 4. The van der Waals surface area contributed by atoms with E-state index in [4.69, 9.17) is 9.47 Å². The first-order chi connectivity index (χ1) is 10.2. The van der Waals surface area contributed by atoms with E-state index in [1.165, 1.54) is 7.11 Å². The van der Waals surface area contributed by atoms with E-state index in [1.54, 1.807) is 13.2 Å². The van der Waals surface area contributed by atoms with Gasteiger partial charge >= 0.3 is 5.97 Å². The maximum atomic E-state index is 11.5. The summed E-state index contributed by atoms with van der Waals surface area (Å²) in [5.41, 5.74) is 3.61. The van der Waals surface area contributed by atoms with E-state index in [0.29, 0.717) is 12.1 Å². The van der Waals surface area contributed by atoms with Crippen LogP contribution in [0, 0.1) is 6.92 Å². The molecule has 0 bridgehead atoms. The van der Waals surface area contributed by atoms with Gasteiger partial charge < -0.3 is 14.8 Å². The summed E-state index contributed by atoms with van der Waals surface area (Å²) in [7, 11) is 3.04. The van der Waals surface area contributed by atoms with Gasteiger partial charge in [-0.25, -0.2) is 4.79 Å². The number of anilines is 1. The van der Waals surface area contributed by atoms with E-state index in [9.17, 15) is 4.79 Å². The molecule has 0 aliphatic heterocycles. The number of methoxy groups -OCH3 is 2. The van der Waals surface area contributed by atoms with Crippen molar-refractivity contribution in [3.63, 3.8) is 0 Å². The Hall–Kier alpha value is -2.49. The highest BCUT2D eigenvalue weighted by Crippen LogP contribution is 2.21. The molecule has 0 fully saturated rings. The van der Waals surface area contributed by atoms with E-state index in [1.807, 2.05) is 43.3 Å². The van der Waals surface area contributed by atoms with Crippen molar-refractivity contribution in [1.82, 2.24) is 0 Å². The first-order valence-corrected chi connectivity index (χ1v) is 6.70. The molecule has 0 atom stereocenters. The highest BCUT2D eigenvalue weighted by molar-refractivity contribution is 5.90. The van der Waals surface area contributed by atoms with Crippen LogP contribution in [-0.2, 0) is 11.3 Å². The van der Waals surface area contributed by atoms with Crippen LogP contribution in [0.3, 0.4) is 0 Å². The highest BCUT2D eigenvalue weighted by atomic mass is 16.5. The fraction of sp³-hybridized carbons (Fsp3) is 0.235. The number of aryl methyl sites for hydroxylation is 1. The third-order valence-electron chi connectivity index (χ3n) is 3.31. The smallest absolute Gasteiger partial charge is 0.337 e. The highest BCUT2D eigenvalue weighted by Gasteiger charge is 2.08. The van der Waals surface area contributed by atoms with Crippen molar-refractivity contribution in [3.8, 4) is 5.75 Å². The van der Waals surface area contributed by atoms with Gasteiger partial charge in [-0.15, -0.1) is 0 Å². The number of nitrogens with one attached hydrogen (secondary N) is 1. The lowest BCUT2D eigenvalue weighted by Gasteiger charge is -2.13. The zero-order chi connectivity index (χ0) is 15.2. The predicted molar refractivity (Wildman–Crippen MR) is 82.8 cm³/mol. The lowest BCUT2D eigenvalue weighted by molar-refractivity contribution is 0.0600.